The Morgan fingerprint density at radius 2 is 1.54 bits per heavy atom. The fourth-order valence-corrected chi connectivity index (χ4v) is 5.58. The molecule has 37 heavy (non-hydrogen) atoms. The van der Waals surface area contributed by atoms with Crippen molar-refractivity contribution in [2.24, 2.45) is 0 Å². The van der Waals surface area contributed by atoms with E-state index in [2.05, 4.69) is 17.4 Å². The maximum Gasteiger partial charge on any atom is 0.335 e. The van der Waals surface area contributed by atoms with Crippen molar-refractivity contribution in [3.63, 3.8) is 0 Å². The van der Waals surface area contributed by atoms with Crippen molar-refractivity contribution in [1.29, 1.82) is 0 Å². The minimum absolute atomic E-state index is 0.116. The largest absolute Gasteiger partial charge is 0.478 e. The lowest BCUT2D eigenvalue weighted by Crippen LogP contribution is -2.12. The van der Waals surface area contributed by atoms with E-state index in [4.69, 9.17) is 10.1 Å². The Morgan fingerprint density at radius 3 is 2.19 bits per heavy atom. The van der Waals surface area contributed by atoms with Crippen LogP contribution in [-0.4, -0.2) is 29.0 Å². The van der Waals surface area contributed by atoms with Gasteiger partial charge in [-0.1, -0.05) is 43.5 Å². The molecule has 0 atom stereocenters. The maximum absolute atomic E-state index is 12.8. The van der Waals surface area contributed by atoms with Crippen LogP contribution in [0.4, 0.5) is 16.5 Å². The summed E-state index contributed by atoms with van der Waals surface area (Å²) in [6, 6.07) is 22.4. The Balaban J connectivity index is 1.21. The number of hydrogen-bond acceptors (Lipinski definition) is 5. The Bertz CT molecular complexity index is 1370. The van der Waals surface area contributed by atoms with E-state index in [0.29, 0.717) is 11.5 Å². The number of aromatic carboxylic acids is 1. The quantitative estimate of drug-likeness (QED) is 0.267. The molecule has 3 aromatic carbocycles. The Hall–Kier alpha value is -3.97. The molecular formula is C30H29N3O3S. The molecule has 0 saturated heterocycles. The molecule has 2 N–H and O–H groups in total. The second-order valence-corrected chi connectivity index (χ2v) is 10.3. The number of carbonyl (C=O) groups excluding carboxylic acids is 1. The molecule has 0 aliphatic heterocycles. The monoisotopic (exact) mass is 511 g/mol. The van der Waals surface area contributed by atoms with Gasteiger partial charge in [0.15, 0.2) is 5.13 Å². The highest BCUT2D eigenvalue weighted by Gasteiger charge is 2.16. The Morgan fingerprint density at radius 1 is 0.892 bits per heavy atom. The zero-order chi connectivity index (χ0) is 25.8. The smallest absolute Gasteiger partial charge is 0.335 e. The van der Waals surface area contributed by atoms with Crippen LogP contribution in [0.15, 0.2) is 78.2 Å². The average Bonchev–Trinajstić information content (AvgIpc) is 3.44. The van der Waals surface area contributed by atoms with Gasteiger partial charge in [0, 0.05) is 34.9 Å². The van der Waals surface area contributed by atoms with Crippen LogP contribution in [0.3, 0.4) is 0 Å². The Labute approximate surface area is 220 Å². The molecule has 5 rings (SSSR count). The number of hydrogen-bond donors (Lipinski definition) is 2. The first-order valence-corrected chi connectivity index (χ1v) is 13.4. The van der Waals surface area contributed by atoms with E-state index in [1.807, 2.05) is 53.7 Å². The topological polar surface area (TPSA) is 82.5 Å². The lowest BCUT2D eigenvalue weighted by atomic mass is 9.84. The van der Waals surface area contributed by atoms with Crippen molar-refractivity contribution in [1.82, 2.24) is 4.98 Å². The van der Waals surface area contributed by atoms with Gasteiger partial charge in [-0.2, -0.15) is 0 Å². The molecule has 188 valence electrons. The molecular weight excluding hydrogens is 482 g/mol. The number of amides is 1. The lowest BCUT2D eigenvalue weighted by Gasteiger charge is -2.22. The van der Waals surface area contributed by atoms with Crippen LogP contribution in [0.5, 0.6) is 0 Å². The number of rotatable bonds is 7. The van der Waals surface area contributed by atoms with Crippen LogP contribution in [-0.2, 0) is 0 Å². The fraction of sp³-hybridized carbons (Fsp3) is 0.233. The highest BCUT2D eigenvalue weighted by molar-refractivity contribution is 7.14. The molecule has 1 aromatic heterocycles. The first-order chi connectivity index (χ1) is 18.0. The first kappa shape index (κ1) is 24.7. The van der Waals surface area contributed by atoms with Crippen molar-refractivity contribution in [2.75, 3.05) is 17.3 Å². The van der Waals surface area contributed by atoms with E-state index < -0.39 is 5.97 Å². The van der Waals surface area contributed by atoms with E-state index in [0.717, 1.165) is 27.8 Å². The fourth-order valence-electron chi connectivity index (χ4n) is 4.76. The van der Waals surface area contributed by atoms with Crippen LogP contribution >= 0.6 is 11.3 Å². The highest BCUT2D eigenvalue weighted by atomic mass is 32.1. The van der Waals surface area contributed by atoms with E-state index in [9.17, 15) is 9.59 Å². The van der Waals surface area contributed by atoms with Crippen molar-refractivity contribution >= 4 is 39.7 Å². The highest BCUT2D eigenvalue weighted by Crippen LogP contribution is 2.33. The summed E-state index contributed by atoms with van der Waals surface area (Å²) < 4.78 is 0. The molecule has 1 aliphatic rings. The number of nitrogens with zero attached hydrogens (tertiary/aromatic N) is 2. The molecule has 0 spiro atoms. The molecule has 0 radical (unpaired) electrons. The van der Waals surface area contributed by atoms with Crippen LogP contribution < -0.4 is 10.2 Å². The van der Waals surface area contributed by atoms with E-state index in [1.54, 1.807) is 24.3 Å². The van der Waals surface area contributed by atoms with Crippen molar-refractivity contribution in [3.05, 3.63) is 94.9 Å². The number of carboxylic acid groups (broad SMARTS) is 1. The van der Waals surface area contributed by atoms with E-state index in [1.165, 1.54) is 49.0 Å². The predicted molar refractivity (Wildman–Crippen MR) is 149 cm³/mol. The number of thiazole rings is 1. The summed E-state index contributed by atoms with van der Waals surface area (Å²) >= 11 is 1.51. The van der Waals surface area contributed by atoms with Crippen molar-refractivity contribution in [3.8, 4) is 11.3 Å². The van der Waals surface area contributed by atoms with Gasteiger partial charge in [0.05, 0.1) is 11.3 Å². The van der Waals surface area contributed by atoms with Gasteiger partial charge in [0.2, 0.25) is 0 Å². The second-order valence-electron chi connectivity index (χ2n) is 9.41. The molecule has 0 bridgehead atoms. The summed E-state index contributed by atoms with van der Waals surface area (Å²) in [5, 5.41) is 14.9. The van der Waals surface area contributed by atoms with Crippen LogP contribution in [0.2, 0.25) is 0 Å². The number of aromatic nitrogens is 1. The van der Waals surface area contributed by atoms with Gasteiger partial charge in [-0.3, -0.25) is 4.79 Å². The summed E-state index contributed by atoms with van der Waals surface area (Å²) in [7, 11) is 1.90. The number of carboxylic acids is 1. The molecule has 1 fully saturated rings. The van der Waals surface area contributed by atoms with E-state index in [-0.39, 0.29) is 11.5 Å². The van der Waals surface area contributed by atoms with Gasteiger partial charge in [0.25, 0.3) is 5.91 Å². The number of carbonyl (C=O) groups is 2. The SMILES string of the molecule is CN(c1ccc(C(=O)O)cc1)c1nc(-c2ccc(NC(=O)c3ccc(C4CCCCC4)cc3)cc2)cs1. The van der Waals surface area contributed by atoms with Gasteiger partial charge in [0.1, 0.15) is 0 Å². The van der Waals surface area contributed by atoms with Crippen LogP contribution in [0, 0.1) is 0 Å². The van der Waals surface area contributed by atoms with Crippen LogP contribution in [0.25, 0.3) is 11.3 Å². The predicted octanol–water partition coefficient (Wildman–Crippen LogP) is 7.58. The second kappa shape index (κ2) is 11.0. The molecule has 0 unspecified atom stereocenters. The molecule has 1 aliphatic carbocycles. The third kappa shape index (κ3) is 5.73. The number of anilines is 3. The summed E-state index contributed by atoms with van der Waals surface area (Å²) in [6.45, 7) is 0. The Kier molecular flexibility index (Phi) is 7.32. The first-order valence-electron chi connectivity index (χ1n) is 12.5. The van der Waals surface area contributed by atoms with Crippen LogP contribution in [0.1, 0.15) is 64.3 Å². The third-order valence-electron chi connectivity index (χ3n) is 6.97. The van der Waals surface area contributed by atoms with Crippen molar-refractivity contribution < 1.29 is 14.7 Å². The number of benzene rings is 3. The van der Waals surface area contributed by atoms with Gasteiger partial charge in [-0.25, -0.2) is 9.78 Å². The minimum atomic E-state index is -0.946. The van der Waals surface area contributed by atoms with Gasteiger partial charge >= 0.3 is 5.97 Å². The zero-order valence-corrected chi connectivity index (χ0v) is 21.5. The summed E-state index contributed by atoms with van der Waals surface area (Å²) in [6.07, 6.45) is 6.42. The van der Waals surface area contributed by atoms with Gasteiger partial charge in [-0.15, -0.1) is 11.3 Å². The average molecular weight is 512 g/mol. The lowest BCUT2D eigenvalue weighted by molar-refractivity contribution is 0.0696. The minimum Gasteiger partial charge on any atom is -0.478 e. The summed E-state index contributed by atoms with van der Waals surface area (Å²) in [5.74, 6) is -0.436. The third-order valence-corrected chi connectivity index (χ3v) is 7.89. The van der Waals surface area contributed by atoms with E-state index >= 15 is 0 Å². The summed E-state index contributed by atoms with van der Waals surface area (Å²) in [4.78, 5) is 30.5. The zero-order valence-electron chi connectivity index (χ0n) is 20.7. The molecule has 6 nitrogen and oxygen atoms in total. The van der Waals surface area contributed by atoms with Gasteiger partial charge in [-0.05, 0) is 72.9 Å². The standard InChI is InChI=1S/C30H29N3O3S/c1-33(26-17-13-24(14-18-26)29(35)36)30-32-27(19-37-30)22-11-15-25(16-12-22)31-28(34)23-9-7-21(8-10-23)20-5-3-2-4-6-20/h7-20H,2-6H2,1H3,(H,31,34)(H,35,36). The summed E-state index contributed by atoms with van der Waals surface area (Å²) in [5.41, 5.74) is 5.63. The molecule has 1 amide bonds. The normalized spacial score (nSPS) is 13.8. The van der Waals surface area contributed by atoms with Crippen molar-refractivity contribution in [2.45, 2.75) is 38.0 Å². The molecule has 1 heterocycles. The maximum atomic E-state index is 12.8. The number of nitrogens with one attached hydrogen (secondary N) is 1. The molecule has 1 saturated carbocycles. The molecule has 7 heteroatoms. The molecule has 4 aromatic rings. The van der Waals surface area contributed by atoms with Gasteiger partial charge < -0.3 is 15.3 Å².